The van der Waals surface area contributed by atoms with Crippen molar-refractivity contribution in [3.8, 4) is 11.5 Å². The van der Waals surface area contributed by atoms with Crippen LogP contribution in [0.3, 0.4) is 0 Å². The van der Waals surface area contributed by atoms with E-state index in [2.05, 4.69) is 14.5 Å². The average molecular weight is 441 g/mol. The summed E-state index contributed by atoms with van der Waals surface area (Å²) in [5, 5.41) is 4.03. The first-order valence-electron chi connectivity index (χ1n) is 8.40. The normalized spacial score (nSPS) is 12.1. The second-order valence-electron chi connectivity index (χ2n) is 5.95. The molecule has 2 heterocycles. The summed E-state index contributed by atoms with van der Waals surface area (Å²) >= 11 is 0. The Balaban J connectivity index is 1.64. The number of pyridine rings is 1. The highest BCUT2D eigenvalue weighted by molar-refractivity contribution is 7.92. The van der Waals surface area contributed by atoms with E-state index in [1.807, 2.05) is 0 Å². The third kappa shape index (κ3) is 4.96. The summed E-state index contributed by atoms with van der Waals surface area (Å²) in [5.41, 5.74) is 1.08. The number of hydrogen-bond donors (Lipinski definition) is 2. The van der Waals surface area contributed by atoms with Crippen molar-refractivity contribution in [1.82, 2.24) is 14.3 Å². The van der Waals surface area contributed by atoms with Crippen molar-refractivity contribution in [1.29, 1.82) is 0 Å². The maximum absolute atomic E-state index is 12.4. The van der Waals surface area contributed by atoms with Gasteiger partial charge in [0.1, 0.15) is 0 Å². The second-order valence-corrected chi connectivity index (χ2v) is 9.56. The molecule has 0 amide bonds. The molecule has 156 valence electrons. The number of benzene rings is 1. The molecule has 0 atom stereocenters. The van der Waals surface area contributed by atoms with Crippen LogP contribution in [0.1, 0.15) is 0 Å². The van der Waals surface area contributed by atoms with E-state index in [0.717, 1.165) is 5.52 Å². The lowest BCUT2D eigenvalue weighted by Gasteiger charge is -2.12. The zero-order valence-electron chi connectivity index (χ0n) is 15.7. The second kappa shape index (κ2) is 8.27. The van der Waals surface area contributed by atoms with E-state index in [9.17, 15) is 16.8 Å². The Hall–Kier alpha value is -2.83. The number of methoxy groups -OCH3 is 2. The van der Waals surface area contributed by atoms with Gasteiger partial charge >= 0.3 is 0 Å². The van der Waals surface area contributed by atoms with Crippen molar-refractivity contribution in [3.63, 3.8) is 0 Å². The standard InChI is InChI=1S/C17H20N4O6S2/c1-26-16-4-3-15(12-17(16)27-2)29(24,25)19-8-10-28(22,23)20-13-6-9-21-14(11-13)5-7-18-21/h3-7,9,11-12,19-20H,8,10H2,1-2H3. The molecule has 0 radical (unpaired) electrons. The maximum Gasteiger partial charge on any atom is 0.240 e. The Kier molecular flexibility index (Phi) is 5.96. The molecular weight excluding hydrogens is 420 g/mol. The topological polar surface area (TPSA) is 128 Å². The van der Waals surface area contributed by atoms with Gasteiger partial charge in [0.15, 0.2) is 11.5 Å². The maximum atomic E-state index is 12.4. The van der Waals surface area contributed by atoms with Gasteiger partial charge in [-0.05, 0) is 30.3 Å². The van der Waals surface area contributed by atoms with E-state index >= 15 is 0 Å². The molecule has 0 aliphatic rings. The largest absolute Gasteiger partial charge is 0.493 e. The zero-order valence-corrected chi connectivity index (χ0v) is 17.3. The molecule has 0 bridgehead atoms. The number of fused-ring (bicyclic) bond motifs is 1. The molecule has 1 aromatic carbocycles. The lowest BCUT2D eigenvalue weighted by Crippen LogP contribution is -2.31. The van der Waals surface area contributed by atoms with E-state index in [0.29, 0.717) is 11.4 Å². The first-order chi connectivity index (χ1) is 13.7. The summed E-state index contributed by atoms with van der Waals surface area (Å²) in [5.74, 6) is 0.192. The van der Waals surface area contributed by atoms with Gasteiger partial charge < -0.3 is 9.47 Å². The van der Waals surface area contributed by atoms with E-state index < -0.39 is 25.8 Å². The predicted octanol–water partition coefficient (Wildman–Crippen LogP) is 1.07. The first-order valence-corrected chi connectivity index (χ1v) is 11.5. The number of aromatic nitrogens is 2. The van der Waals surface area contributed by atoms with Crippen molar-refractivity contribution in [2.75, 3.05) is 31.2 Å². The van der Waals surface area contributed by atoms with E-state index in [1.54, 1.807) is 35.1 Å². The number of sulfonamides is 2. The highest BCUT2D eigenvalue weighted by Crippen LogP contribution is 2.29. The Morgan fingerprint density at radius 3 is 2.48 bits per heavy atom. The van der Waals surface area contributed by atoms with Gasteiger partial charge in [-0.3, -0.25) is 4.72 Å². The molecule has 2 aromatic heterocycles. The van der Waals surface area contributed by atoms with Gasteiger partial charge in [0.2, 0.25) is 20.0 Å². The molecule has 0 aliphatic carbocycles. The van der Waals surface area contributed by atoms with Crippen molar-refractivity contribution in [2.24, 2.45) is 0 Å². The van der Waals surface area contributed by atoms with Crippen LogP contribution in [-0.4, -0.2) is 53.0 Å². The van der Waals surface area contributed by atoms with Gasteiger partial charge in [0.05, 0.1) is 36.1 Å². The number of rotatable bonds is 9. The minimum Gasteiger partial charge on any atom is -0.493 e. The SMILES string of the molecule is COc1ccc(S(=O)(=O)NCCS(=O)(=O)Nc2ccn3nccc3c2)cc1OC. The monoisotopic (exact) mass is 440 g/mol. The summed E-state index contributed by atoms with van der Waals surface area (Å²) in [6.07, 6.45) is 3.21. The fourth-order valence-corrected chi connectivity index (χ4v) is 4.73. The van der Waals surface area contributed by atoms with Crippen molar-refractivity contribution in [2.45, 2.75) is 4.90 Å². The minimum atomic E-state index is -3.92. The van der Waals surface area contributed by atoms with Crippen LogP contribution in [0.25, 0.3) is 5.52 Å². The molecule has 29 heavy (non-hydrogen) atoms. The highest BCUT2D eigenvalue weighted by atomic mass is 32.2. The third-order valence-electron chi connectivity index (χ3n) is 4.00. The van der Waals surface area contributed by atoms with Crippen LogP contribution < -0.4 is 18.9 Å². The summed E-state index contributed by atoms with van der Waals surface area (Å²) in [6, 6.07) is 9.02. The quantitative estimate of drug-likeness (QED) is 0.509. The molecule has 3 rings (SSSR count). The van der Waals surface area contributed by atoms with Crippen LogP contribution in [0, 0.1) is 0 Å². The van der Waals surface area contributed by atoms with Crippen molar-refractivity contribution < 1.29 is 26.3 Å². The molecule has 0 saturated heterocycles. The number of hydrogen-bond acceptors (Lipinski definition) is 7. The van der Waals surface area contributed by atoms with E-state index in [1.165, 1.54) is 32.4 Å². The van der Waals surface area contributed by atoms with Gasteiger partial charge in [-0.2, -0.15) is 5.10 Å². The summed E-state index contributed by atoms with van der Waals surface area (Å²) < 4.78 is 65.9. The molecular formula is C17H20N4O6S2. The number of nitrogens with zero attached hydrogens (tertiary/aromatic N) is 2. The van der Waals surface area contributed by atoms with Gasteiger partial charge in [0, 0.05) is 25.0 Å². The molecule has 0 spiro atoms. The van der Waals surface area contributed by atoms with E-state index in [-0.39, 0.29) is 17.2 Å². The van der Waals surface area contributed by atoms with Crippen molar-refractivity contribution in [3.05, 3.63) is 48.8 Å². The summed E-state index contributed by atoms with van der Waals surface area (Å²) in [4.78, 5) is -0.0632. The lowest BCUT2D eigenvalue weighted by atomic mass is 10.3. The first kappa shape index (κ1) is 20.9. The Morgan fingerprint density at radius 2 is 1.76 bits per heavy atom. The minimum absolute atomic E-state index is 0.0632. The Bertz CT molecular complexity index is 1220. The molecule has 12 heteroatoms. The predicted molar refractivity (Wildman–Crippen MR) is 107 cm³/mol. The van der Waals surface area contributed by atoms with Crippen LogP contribution in [0.4, 0.5) is 5.69 Å². The fraction of sp³-hybridized carbons (Fsp3) is 0.235. The van der Waals surface area contributed by atoms with Crippen LogP contribution in [0.15, 0.2) is 53.7 Å². The molecule has 0 fully saturated rings. The fourth-order valence-electron chi connectivity index (χ4n) is 2.59. The van der Waals surface area contributed by atoms with Gasteiger partial charge in [0.25, 0.3) is 0 Å². The van der Waals surface area contributed by atoms with Gasteiger partial charge in [-0.25, -0.2) is 26.1 Å². The molecule has 0 unspecified atom stereocenters. The number of nitrogens with one attached hydrogen (secondary N) is 2. The zero-order chi connectivity index (χ0) is 21.1. The molecule has 3 aromatic rings. The van der Waals surface area contributed by atoms with Gasteiger partial charge in [-0.1, -0.05) is 0 Å². The van der Waals surface area contributed by atoms with Gasteiger partial charge in [-0.15, -0.1) is 0 Å². The summed E-state index contributed by atoms with van der Waals surface area (Å²) in [7, 11) is -4.86. The molecule has 0 aliphatic heterocycles. The third-order valence-corrected chi connectivity index (χ3v) is 6.75. The van der Waals surface area contributed by atoms with Crippen LogP contribution in [0.5, 0.6) is 11.5 Å². The summed E-state index contributed by atoms with van der Waals surface area (Å²) in [6.45, 7) is -0.305. The average Bonchev–Trinajstić information content (AvgIpc) is 3.14. The lowest BCUT2D eigenvalue weighted by molar-refractivity contribution is 0.354. The molecule has 10 nitrogen and oxygen atoms in total. The number of ether oxygens (including phenoxy) is 2. The van der Waals surface area contributed by atoms with Crippen LogP contribution >= 0.6 is 0 Å². The number of anilines is 1. The molecule has 0 saturated carbocycles. The van der Waals surface area contributed by atoms with Crippen molar-refractivity contribution >= 4 is 31.3 Å². The highest BCUT2D eigenvalue weighted by Gasteiger charge is 2.19. The smallest absolute Gasteiger partial charge is 0.240 e. The molecule has 2 N–H and O–H groups in total. The van der Waals surface area contributed by atoms with Crippen LogP contribution in [-0.2, 0) is 20.0 Å². The Labute approximate surface area is 168 Å². The Morgan fingerprint density at radius 1 is 1.00 bits per heavy atom. The van der Waals surface area contributed by atoms with E-state index in [4.69, 9.17) is 9.47 Å². The van der Waals surface area contributed by atoms with Crippen LogP contribution in [0.2, 0.25) is 0 Å².